The molecule has 2 aliphatic carbocycles. The quantitative estimate of drug-likeness (QED) is 0.291. The molecule has 4 atom stereocenters. The zero-order valence-corrected chi connectivity index (χ0v) is 28.6. The van der Waals surface area contributed by atoms with Gasteiger partial charge in [-0.1, -0.05) is 57.7 Å². The van der Waals surface area contributed by atoms with Crippen molar-refractivity contribution in [3.8, 4) is 0 Å². The van der Waals surface area contributed by atoms with Gasteiger partial charge in [-0.05, 0) is 86.8 Å². The van der Waals surface area contributed by atoms with E-state index in [1.807, 2.05) is 18.7 Å². The van der Waals surface area contributed by atoms with Crippen molar-refractivity contribution in [2.24, 2.45) is 17.8 Å². The molecule has 2 heterocycles. The fraction of sp³-hybridized carbons (Fsp3) is 0.686. The summed E-state index contributed by atoms with van der Waals surface area (Å²) in [6, 6.07) is 3.65. The predicted molar refractivity (Wildman–Crippen MR) is 177 cm³/mol. The highest BCUT2D eigenvalue weighted by atomic mass is 19.1. The smallest absolute Gasteiger partial charge is 0.276 e. The van der Waals surface area contributed by atoms with Gasteiger partial charge in [-0.15, -0.1) is 0 Å². The first-order chi connectivity index (χ1) is 22.5. The van der Waals surface area contributed by atoms with Gasteiger partial charge in [0, 0.05) is 31.6 Å². The molecule has 0 unspecified atom stereocenters. The Morgan fingerprint density at radius 2 is 1.81 bits per heavy atom. The van der Waals surface area contributed by atoms with Crippen LogP contribution in [-0.4, -0.2) is 89.2 Å². The number of amides is 3. The Balaban J connectivity index is 1.30. The van der Waals surface area contributed by atoms with E-state index >= 15 is 4.39 Å². The molecule has 0 spiro atoms. The van der Waals surface area contributed by atoms with Crippen LogP contribution >= 0.6 is 0 Å². The van der Waals surface area contributed by atoms with Crippen molar-refractivity contribution < 1.29 is 23.4 Å². The number of hydrogen-bond donors (Lipinski definition) is 3. The van der Waals surface area contributed by atoms with Crippen molar-refractivity contribution in [2.45, 2.75) is 103 Å². The molecule has 2 aromatic rings. The van der Waals surface area contributed by atoms with Gasteiger partial charge in [0.25, 0.3) is 5.91 Å². The number of likely N-dealkylation sites (N-methyl/N-ethyl adjacent to an activating group) is 1. The Kier molecular flexibility index (Phi) is 11.7. The minimum absolute atomic E-state index is 0.0317. The van der Waals surface area contributed by atoms with E-state index < -0.39 is 29.7 Å². The topological polar surface area (TPSA) is 133 Å². The van der Waals surface area contributed by atoms with Gasteiger partial charge in [0.2, 0.25) is 11.8 Å². The molecule has 5 rings (SSSR count). The molecule has 0 bridgehead atoms. The summed E-state index contributed by atoms with van der Waals surface area (Å²) in [5.74, 6) is -0.690. The van der Waals surface area contributed by atoms with Crippen LogP contribution in [0.15, 0.2) is 22.8 Å². The fourth-order valence-corrected chi connectivity index (χ4v) is 6.93. The van der Waals surface area contributed by atoms with E-state index in [1.54, 1.807) is 12.1 Å². The number of aryl methyl sites for hydroxylation is 1. The van der Waals surface area contributed by atoms with E-state index in [9.17, 15) is 14.4 Å². The largest absolute Gasteiger partial charge is 0.338 e. The first-order valence-corrected chi connectivity index (χ1v) is 17.5. The number of carbonyl (C=O) groups excluding carboxylic acids is 3. The van der Waals surface area contributed by atoms with Gasteiger partial charge in [0.05, 0.1) is 11.7 Å². The molecule has 3 aliphatic rings. The second-order valence-corrected chi connectivity index (χ2v) is 14.2. The average Bonchev–Trinajstić information content (AvgIpc) is 3.76. The number of aromatic nitrogens is 2. The molecule has 1 aromatic carbocycles. The van der Waals surface area contributed by atoms with Gasteiger partial charge in [-0.25, -0.2) is 9.02 Å². The molecular weight excluding hydrogens is 601 g/mol. The first kappa shape index (κ1) is 34.9. The summed E-state index contributed by atoms with van der Waals surface area (Å²) in [5.41, 5.74) is 1.18. The Labute approximate surface area is 277 Å². The molecule has 11 nitrogen and oxygen atoms in total. The zero-order valence-electron chi connectivity index (χ0n) is 28.6. The summed E-state index contributed by atoms with van der Waals surface area (Å²) in [6.45, 7) is 11.0. The summed E-state index contributed by atoms with van der Waals surface area (Å²) in [7, 11) is 2.08. The minimum atomic E-state index is -0.877. The van der Waals surface area contributed by atoms with Gasteiger partial charge in [0.1, 0.15) is 17.6 Å². The number of hydrogen-bond acceptors (Lipinski definition) is 8. The second-order valence-electron chi connectivity index (χ2n) is 14.2. The minimum Gasteiger partial charge on any atom is -0.338 e. The fourth-order valence-electron chi connectivity index (χ4n) is 6.93. The lowest BCUT2D eigenvalue weighted by Crippen LogP contribution is -2.57. The number of halogens is 1. The van der Waals surface area contributed by atoms with E-state index in [4.69, 9.17) is 4.63 Å². The first-order valence-electron chi connectivity index (χ1n) is 17.5. The zero-order chi connectivity index (χ0) is 33.7. The normalized spacial score (nSPS) is 24.0. The van der Waals surface area contributed by atoms with Crippen molar-refractivity contribution in [1.82, 2.24) is 30.7 Å². The second kappa shape index (κ2) is 15.7. The summed E-state index contributed by atoms with van der Waals surface area (Å²) < 4.78 is 20.5. The molecule has 258 valence electrons. The van der Waals surface area contributed by atoms with Crippen LogP contribution in [0, 0.1) is 23.6 Å². The van der Waals surface area contributed by atoms with Crippen LogP contribution in [-0.2, 0) is 16.0 Å². The molecule has 1 aromatic heterocycles. The Hall–Kier alpha value is -3.38. The standard InChI is InChI=1S/C35H52FN7O4/c1-6-28-32(41-47-40-28)34(45)39-31(25-11-7-21(2)8-12-25)33(44)38-29-14-13-26(19-27(29)36)23(4)30(37-16-15-24-9-10-24)35(46)43-18-17-42(5)22(3)20-43/h13-14,19,21-25,30-31,37H,6-12,15-18,20H2,1-5H3,(H,38,44)(H,39,45)/t21-,22-,23+,25-,30-,31+/m1/s1. The number of rotatable bonds is 13. The van der Waals surface area contributed by atoms with Crippen molar-refractivity contribution >= 4 is 23.4 Å². The molecule has 3 fully saturated rings. The van der Waals surface area contributed by atoms with Crippen LogP contribution in [0.1, 0.15) is 100 Å². The number of nitrogens with zero attached hydrogens (tertiary/aromatic N) is 4. The van der Waals surface area contributed by atoms with Crippen molar-refractivity contribution in [3.05, 3.63) is 41.0 Å². The van der Waals surface area contributed by atoms with Crippen LogP contribution in [0.2, 0.25) is 0 Å². The Morgan fingerprint density at radius 1 is 1.06 bits per heavy atom. The Morgan fingerprint density at radius 3 is 2.47 bits per heavy atom. The van der Waals surface area contributed by atoms with E-state index in [-0.39, 0.29) is 35.2 Å². The molecular formula is C35H52FN7O4. The molecule has 1 aliphatic heterocycles. The molecule has 47 heavy (non-hydrogen) atoms. The van der Waals surface area contributed by atoms with Gasteiger partial charge in [-0.2, -0.15) is 0 Å². The van der Waals surface area contributed by atoms with Crippen LogP contribution < -0.4 is 16.0 Å². The highest BCUT2D eigenvalue weighted by Crippen LogP contribution is 2.33. The van der Waals surface area contributed by atoms with E-state index in [0.717, 1.165) is 51.1 Å². The third kappa shape index (κ3) is 8.76. The van der Waals surface area contributed by atoms with Gasteiger partial charge >= 0.3 is 0 Å². The van der Waals surface area contributed by atoms with Crippen LogP contribution in [0.5, 0.6) is 0 Å². The SMILES string of the molecule is CCc1nonc1C(=O)N[C@H](C(=O)Nc1ccc([C@H](C)[C@@H](NCCC2CC2)C(=O)N2CCN(C)[C@H](C)C2)cc1F)[C@H]1CC[C@H](C)CC1. The number of benzene rings is 1. The number of nitrogens with one attached hydrogen (secondary N) is 3. The Bertz CT molecular complexity index is 1390. The lowest BCUT2D eigenvalue weighted by atomic mass is 9.79. The highest BCUT2D eigenvalue weighted by molar-refractivity contribution is 6.01. The van der Waals surface area contributed by atoms with Crippen LogP contribution in [0.25, 0.3) is 0 Å². The summed E-state index contributed by atoms with van der Waals surface area (Å²) in [6.07, 6.45) is 7.39. The van der Waals surface area contributed by atoms with Gasteiger partial charge in [-0.3, -0.25) is 14.4 Å². The third-order valence-electron chi connectivity index (χ3n) is 10.6. The molecule has 0 radical (unpaired) electrons. The summed E-state index contributed by atoms with van der Waals surface area (Å²) in [4.78, 5) is 44.9. The third-order valence-corrected chi connectivity index (χ3v) is 10.6. The van der Waals surface area contributed by atoms with Gasteiger partial charge in [0.15, 0.2) is 5.69 Å². The van der Waals surface area contributed by atoms with Crippen molar-refractivity contribution in [1.29, 1.82) is 0 Å². The summed E-state index contributed by atoms with van der Waals surface area (Å²) >= 11 is 0. The monoisotopic (exact) mass is 653 g/mol. The van der Waals surface area contributed by atoms with Gasteiger partial charge < -0.3 is 25.8 Å². The molecule has 2 saturated carbocycles. The molecule has 1 saturated heterocycles. The van der Waals surface area contributed by atoms with Crippen LogP contribution in [0.3, 0.4) is 0 Å². The maximum atomic E-state index is 15.7. The number of piperazine rings is 1. The predicted octanol–water partition coefficient (Wildman–Crippen LogP) is 4.36. The van der Waals surface area contributed by atoms with Crippen molar-refractivity contribution in [2.75, 3.05) is 38.5 Å². The lowest BCUT2D eigenvalue weighted by molar-refractivity contribution is -0.136. The maximum absolute atomic E-state index is 15.7. The number of anilines is 1. The van der Waals surface area contributed by atoms with E-state index in [2.05, 4.69) is 52.1 Å². The van der Waals surface area contributed by atoms with E-state index in [0.29, 0.717) is 36.7 Å². The van der Waals surface area contributed by atoms with Crippen LogP contribution in [0.4, 0.5) is 10.1 Å². The summed E-state index contributed by atoms with van der Waals surface area (Å²) in [5, 5.41) is 16.7. The average molecular weight is 654 g/mol. The van der Waals surface area contributed by atoms with E-state index in [1.165, 1.54) is 18.9 Å². The highest BCUT2D eigenvalue weighted by Gasteiger charge is 2.36. The molecule has 3 amide bonds. The van der Waals surface area contributed by atoms with Crippen molar-refractivity contribution in [3.63, 3.8) is 0 Å². The lowest BCUT2D eigenvalue weighted by Gasteiger charge is -2.40. The molecule has 3 N–H and O–H groups in total. The number of carbonyl (C=O) groups is 3. The maximum Gasteiger partial charge on any atom is 0.276 e. The molecule has 12 heteroatoms.